The third-order valence-electron chi connectivity index (χ3n) is 15.6. The molecule has 0 aromatic carbocycles. The Kier molecular flexibility index (Phi) is 67.2. The van der Waals surface area contributed by atoms with Crippen LogP contribution in [0, 0.1) is 0 Å². The average molecular weight is 1140 g/mol. The molecule has 1 atom stereocenters. The summed E-state index contributed by atoms with van der Waals surface area (Å²) in [5, 5.41) is 0. The molecule has 474 valence electrons. The van der Waals surface area contributed by atoms with E-state index in [0.29, 0.717) is 19.3 Å². The third kappa shape index (κ3) is 67.4. The SMILES string of the molecule is CC/C=C\C/C=C\C/C=C\C/C=C\C/C=C\C/C=C\CCC(=O)OC(COC(=O)CCCCCCCCCCCCCCCCCC)COC(=O)CCCCCCCCCCCCCCCCCCC/C=C\CCCCCCCCCC. The molecular formula is C76H134O6. The molecule has 0 heterocycles. The van der Waals surface area contributed by atoms with Crippen molar-refractivity contribution in [3.05, 3.63) is 85.1 Å². The van der Waals surface area contributed by atoms with Crippen LogP contribution in [0.5, 0.6) is 0 Å². The van der Waals surface area contributed by atoms with E-state index in [0.717, 1.165) is 77.0 Å². The third-order valence-corrected chi connectivity index (χ3v) is 15.6. The van der Waals surface area contributed by atoms with Gasteiger partial charge in [-0.3, -0.25) is 14.4 Å². The molecule has 6 nitrogen and oxygen atoms in total. The van der Waals surface area contributed by atoms with Gasteiger partial charge in [-0.2, -0.15) is 0 Å². The topological polar surface area (TPSA) is 78.9 Å². The van der Waals surface area contributed by atoms with Crippen LogP contribution in [0.1, 0.15) is 361 Å². The second kappa shape index (κ2) is 70.1. The smallest absolute Gasteiger partial charge is 0.306 e. The minimum absolute atomic E-state index is 0.102. The van der Waals surface area contributed by atoms with Gasteiger partial charge in [0.05, 0.1) is 0 Å². The zero-order chi connectivity index (χ0) is 59.2. The van der Waals surface area contributed by atoms with E-state index >= 15 is 0 Å². The normalized spacial score (nSPS) is 12.6. The van der Waals surface area contributed by atoms with Crippen LogP contribution in [0.3, 0.4) is 0 Å². The number of unbranched alkanes of at least 4 members (excludes halogenated alkanes) is 40. The van der Waals surface area contributed by atoms with Gasteiger partial charge in [0.15, 0.2) is 6.10 Å². The molecule has 82 heavy (non-hydrogen) atoms. The number of carbonyl (C=O) groups excluding carboxylic acids is 3. The van der Waals surface area contributed by atoms with Gasteiger partial charge in [-0.25, -0.2) is 0 Å². The Morgan fingerprint density at radius 2 is 0.500 bits per heavy atom. The highest BCUT2D eigenvalue weighted by molar-refractivity contribution is 5.71. The molecule has 0 amide bonds. The Labute approximate surface area is 509 Å². The van der Waals surface area contributed by atoms with Gasteiger partial charge in [-0.15, -0.1) is 0 Å². The lowest BCUT2D eigenvalue weighted by molar-refractivity contribution is -0.166. The summed E-state index contributed by atoms with van der Waals surface area (Å²) in [5.41, 5.74) is 0. The minimum Gasteiger partial charge on any atom is -0.462 e. The Bertz CT molecular complexity index is 1550. The van der Waals surface area contributed by atoms with E-state index in [2.05, 4.69) is 99.8 Å². The zero-order valence-electron chi connectivity index (χ0n) is 54.5. The summed E-state index contributed by atoms with van der Waals surface area (Å²) in [4.78, 5) is 38.4. The van der Waals surface area contributed by atoms with Crippen LogP contribution in [-0.4, -0.2) is 37.2 Å². The van der Waals surface area contributed by atoms with E-state index in [-0.39, 0.29) is 37.5 Å². The van der Waals surface area contributed by atoms with E-state index in [1.54, 1.807) is 0 Å². The Balaban J connectivity index is 4.32. The Morgan fingerprint density at radius 3 is 0.793 bits per heavy atom. The summed E-state index contributed by atoms with van der Waals surface area (Å²) in [6, 6.07) is 0. The highest BCUT2D eigenvalue weighted by Crippen LogP contribution is 2.18. The molecule has 0 rings (SSSR count). The fraction of sp³-hybridized carbons (Fsp3) is 0.776. The Hall–Kier alpha value is -3.41. The van der Waals surface area contributed by atoms with Crippen molar-refractivity contribution in [2.75, 3.05) is 13.2 Å². The van der Waals surface area contributed by atoms with Crippen molar-refractivity contribution in [2.24, 2.45) is 0 Å². The second-order valence-electron chi connectivity index (χ2n) is 23.8. The van der Waals surface area contributed by atoms with Crippen molar-refractivity contribution in [1.82, 2.24) is 0 Å². The first kappa shape index (κ1) is 78.6. The molecule has 0 radical (unpaired) electrons. The lowest BCUT2D eigenvalue weighted by Gasteiger charge is -2.18. The fourth-order valence-electron chi connectivity index (χ4n) is 10.4. The van der Waals surface area contributed by atoms with Gasteiger partial charge in [0.1, 0.15) is 13.2 Å². The van der Waals surface area contributed by atoms with E-state index in [9.17, 15) is 14.4 Å². The maximum absolute atomic E-state index is 12.9. The molecule has 0 fully saturated rings. The zero-order valence-corrected chi connectivity index (χ0v) is 54.5. The van der Waals surface area contributed by atoms with Gasteiger partial charge in [-0.1, -0.05) is 343 Å². The molecule has 6 heteroatoms. The fourth-order valence-corrected chi connectivity index (χ4v) is 10.4. The van der Waals surface area contributed by atoms with Crippen LogP contribution in [0.4, 0.5) is 0 Å². The van der Waals surface area contributed by atoms with Gasteiger partial charge in [-0.05, 0) is 83.5 Å². The molecule has 0 spiro atoms. The average Bonchev–Trinajstić information content (AvgIpc) is 3.47. The number of esters is 3. The van der Waals surface area contributed by atoms with Gasteiger partial charge in [0.2, 0.25) is 0 Å². The van der Waals surface area contributed by atoms with Gasteiger partial charge < -0.3 is 14.2 Å². The van der Waals surface area contributed by atoms with Gasteiger partial charge in [0.25, 0.3) is 0 Å². The highest BCUT2D eigenvalue weighted by Gasteiger charge is 2.19. The molecule has 0 aliphatic heterocycles. The number of allylic oxidation sites excluding steroid dienone is 14. The summed E-state index contributed by atoms with van der Waals surface area (Å²) >= 11 is 0. The van der Waals surface area contributed by atoms with Crippen molar-refractivity contribution < 1.29 is 28.6 Å². The molecule has 1 unspecified atom stereocenters. The number of ether oxygens (including phenoxy) is 3. The molecule has 0 saturated heterocycles. The second-order valence-corrected chi connectivity index (χ2v) is 23.8. The molecule has 0 aromatic rings. The summed E-state index contributed by atoms with van der Waals surface area (Å²) in [6.45, 7) is 6.52. The van der Waals surface area contributed by atoms with Crippen LogP contribution in [0.25, 0.3) is 0 Å². The minimum atomic E-state index is -0.816. The van der Waals surface area contributed by atoms with Crippen molar-refractivity contribution in [2.45, 2.75) is 367 Å². The van der Waals surface area contributed by atoms with Crippen molar-refractivity contribution in [3.8, 4) is 0 Å². The largest absolute Gasteiger partial charge is 0.462 e. The first-order valence-corrected chi connectivity index (χ1v) is 35.6. The molecule has 0 aliphatic rings. The maximum Gasteiger partial charge on any atom is 0.306 e. The number of hydrogen-bond donors (Lipinski definition) is 0. The lowest BCUT2D eigenvalue weighted by atomic mass is 10.0. The van der Waals surface area contributed by atoms with Gasteiger partial charge >= 0.3 is 17.9 Å². The molecule has 0 aromatic heterocycles. The van der Waals surface area contributed by atoms with Crippen molar-refractivity contribution in [1.29, 1.82) is 0 Å². The van der Waals surface area contributed by atoms with Crippen molar-refractivity contribution >= 4 is 17.9 Å². The van der Waals surface area contributed by atoms with Crippen LogP contribution in [0.15, 0.2) is 85.1 Å². The summed E-state index contributed by atoms with van der Waals surface area (Å²) in [7, 11) is 0. The quantitative estimate of drug-likeness (QED) is 0.0261. The molecule has 0 bridgehead atoms. The number of carbonyl (C=O) groups is 3. The standard InChI is InChI=1S/C76H134O6/c1-4-7-10-13-16-19-22-25-28-31-33-34-35-36-37-38-39-40-41-42-44-45-48-51-54-57-60-63-66-69-75(78)81-72-73(71-80-74(77)68-65-62-59-56-53-50-47-30-27-24-21-18-15-12-9-6-3)82-76(79)70-67-64-61-58-55-52-49-46-43-32-29-26-23-20-17-14-11-8-5-2/h8,11,17,20,26,29,31,33,43,46,52,55,61,64,73H,4-7,9-10,12-16,18-19,21-25,27-28,30,32,34-42,44-45,47-51,53-54,56-60,62-63,65-72H2,1-3H3/b11-8-,20-17-,29-26-,33-31-,46-43-,55-52-,64-61-. The van der Waals surface area contributed by atoms with E-state index < -0.39 is 6.10 Å². The Morgan fingerprint density at radius 1 is 0.256 bits per heavy atom. The predicted octanol–water partition coefficient (Wildman–Crippen LogP) is 24.6. The monoisotopic (exact) mass is 1140 g/mol. The van der Waals surface area contributed by atoms with Crippen molar-refractivity contribution in [3.63, 3.8) is 0 Å². The lowest BCUT2D eigenvalue weighted by Crippen LogP contribution is -2.30. The first-order chi connectivity index (χ1) is 40.5. The predicted molar refractivity (Wildman–Crippen MR) is 358 cm³/mol. The van der Waals surface area contributed by atoms with E-state index in [4.69, 9.17) is 14.2 Å². The van der Waals surface area contributed by atoms with Crippen LogP contribution in [0.2, 0.25) is 0 Å². The molecule has 0 saturated carbocycles. The van der Waals surface area contributed by atoms with Crippen LogP contribution >= 0.6 is 0 Å². The number of hydrogen-bond acceptors (Lipinski definition) is 6. The van der Waals surface area contributed by atoms with E-state index in [1.807, 2.05) is 6.08 Å². The summed E-state index contributed by atoms with van der Waals surface area (Å²) in [5.74, 6) is -0.967. The highest BCUT2D eigenvalue weighted by atomic mass is 16.6. The summed E-state index contributed by atoms with van der Waals surface area (Å²) in [6.07, 6.45) is 93.5. The van der Waals surface area contributed by atoms with E-state index in [1.165, 1.54) is 238 Å². The maximum atomic E-state index is 12.9. The van der Waals surface area contributed by atoms with Gasteiger partial charge in [0, 0.05) is 19.3 Å². The summed E-state index contributed by atoms with van der Waals surface area (Å²) < 4.78 is 16.9. The molecule has 0 aliphatic carbocycles. The first-order valence-electron chi connectivity index (χ1n) is 35.6. The van der Waals surface area contributed by atoms with Crippen LogP contribution in [-0.2, 0) is 28.6 Å². The van der Waals surface area contributed by atoms with Crippen LogP contribution < -0.4 is 0 Å². The molecular weight excluding hydrogens is 1010 g/mol. The molecule has 0 N–H and O–H groups in total. The number of rotatable bonds is 65.